The molecule has 140 valence electrons. The van der Waals surface area contributed by atoms with Crippen LogP contribution < -0.4 is 56.5 Å². The van der Waals surface area contributed by atoms with Gasteiger partial charge in [0.1, 0.15) is 0 Å². The van der Waals surface area contributed by atoms with Crippen molar-refractivity contribution in [2.75, 3.05) is 19.8 Å². The van der Waals surface area contributed by atoms with E-state index in [1.54, 1.807) is 20.8 Å². The van der Waals surface area contributed by atoms with E-state index in [0.717, 1.165) is 12.8 Å². The molecule has 0 aliphatic carbocycles. The van der Waals surface area contributed by atoms with E-state index in [1.165, 1.54) is 0 Å². The van der Waals surface area contributed by atoms with Crippen molar-refractivity contribution in [2.24, 2.45) is 5.92 Å². The first kappa shape index (κ1) is 25.9. The molecule has 0 amide bonds. The van der Waals surface area contributed by atoms with Crippen LogP contribution in [0.4, 0.5) is 0 Å². The SMILES string of the molecule is CCC(C)(C)[O-].CCOC(=O)C1C(=O)C2CC3COCC(C2)N31.Cl.[K+]. The van der Waals surface area contributed by atoms with Gasteiger partial charge in [0, 0.05) is 18.0 Å². The summed E-state index contributed by atoms with van der Waals surface area (Å²) in [4.78, 5) is 26.1. The van der Waals surface area contributed by atoms with Gasteiger partial charge in [-0.05, 0) is 19.8 Å². The number of hydrogen-bond donors (Lipinski definition) is 0. The summed E-state index contributed by atoms with van der Waals surface area (Å²) in [6, 6.07) is -0.222. The normalized spacial score (nSPS) is 32.5. The van der Waals surface area contributed by atoms with Gasteiger partial charge in [0.25, 0.3) is 0 Å². The molecule has 6 nitrogen and oxygen atoms in total. The van der Waals surface area contributed by atoms with Crippen molar-refractivity contribution in [3.05, 3.63) is 0 Å². The van der Waals surface area contributed by atoms with Crippen LogP contribution in [-0.2, 0) is 19.1 Å². The van der Waals surface area contributed by atoms with Crippen molar-refractivity contribution >= 4 is 24.2 Å². The van der Waals surface area contributed by atoms with E-state index < -0.39 is 11.6 Å². The molecule has 3 atom stereocenters. The third kappa shape index (κ3) is 6.50. The number of halogens is 1. The Bertz CT molecular complexity index is 443. The van der Waals surface area contributed by atoms with Gasteiger partial charge in [0.2, 0.25) is 0 Å². The average Bonchev–Trinajstić information content (AvgIpc) is 2.47. The van der Waals surface area contributed by atoms with Crippen LogP contribution in [-0.4, -0.2) is 60.2 Å². The van der Waals surface area contributed by atoms with Gasteiger partial charge in [-0.15, -0.1) is 18.0 Å². The van der Waals surface area contributed by atoms with Crippen LogP contribution in [0.25, 0.3) is 0 Å². The first-order chi connectivity index (χ1) is 10.8. The maximum atomic E-state index is 12.2. The summed E-state index contributed by atoms with van der Waals surface area (Å²) in [7, 11) is 0. The van der Waals surface area contributed by atoms with Gasteiger partial charge in [-0.2, -0.15) is 0 Å². The first-order valence-electron chi connectivity index (χ1n) is 8.54. The molecule has 0 N–H and O–H groups in total. The molecule has 4 aliphatic heterocycles. The van der Waals surface area contributed by atoms with Crippen LogP contribution in [0.3, 0.4) is 0 Å². The third-order valence-corrected chi connectivity index (χ3v) is 4.91. The smallest absolute Gasteiger partial charge is 0.850 e. The number of Topliss-reactive ketones (excluding diaryl/α,β-unsaturated/α-hetero) is 1. The minimum absolute atomic E-state index is 0. The maximum Gasteiger partial charge on any atom is 1.00 e. The van der Waals surface area contributed by atoms with Gasteiger partial charge < -0.3 is 14.6 Å². The average molecular weight is 402 g/mol. The maximum absolute atomic E-state index is 12.2. The number of nitrogens with zero attached hydrogens (tertiary/aromatic N) is 1. The van der Waals surface area contributed by atoms with E-state index in [0.29, 0.717) is 26.2 Å². The molecule has 4 bridgehead atoms. The number of hydrogen-bond acceptors (Lipinski definition) is 6. The number of carbonyl (C=O) groups excluding carboxylic acids is 2. The second-order valence-electron chi connectivity index (χ2n) is 7.13. The number of ether oxygens (including phenoxy) is 2. The van der Waals surface area contributed by atoms with Crippen LogP contribution in [0.1, 0.15) is 47.0 Å². The van der Waals surface area contributed by atoms with E-state index in [2.05, 4.69) is 0 Å². The second-order valence-corrected chi connectivity index (χ2v) is 7.13. The summed E-state index contributed by atoms with van der Waals surface area (Å²) in [6.45, 7) is 8.63. The topological polar surface area (TPSA) is 78.9 Å². The molecule has 0 aromatic carbocycles. The van der Waals surface area contributed by atoms with Crippen molar-refractivity contribution in [1.82, 2.24) is 4.90 Å². The Hall–Kier alpha value is 0.946. The number of esters is 1. The predicted octanol–water partition coefficient (Wildman–Crippen LogP) is -2.06. The molecule has 25 heavy (non-hydrogen) atoms. The van der Waals surface area contributed by atoms with Gasteiger partial charge in [-0.3, -0.25) is 9.69 Å². The van der Waals surface area contributed by atoms with Crippen LogP contribution in [0.5, 0.6) is 0 Å². The summed E-state index contributed by atoms with van der Waals surface area (Å²) in [5.41, 5.74) is -0.708. The molecule has 0 aromatic rings. The molecule has 8 heteroatoms. The molecule has 4 heterocycles. The van der Waals surface area contributed by atoms with Gasteiger partial charge in [-0.25, -0.2) is 4.79 Å². The molecule has 0 saturated carbocycles. The molecular formula is C17H29ClKNO5. The van der Waals surface area contributed by atoms with E-state index in [9.17, 15) is 14.7 Å². The molecule has 0 aromatic heterocycles. The van der Waals surface area contributed by atoms with Crippen molar-refractivity contribution in [2.45, 2.75) is 70.7 Å². The fourth-order valence-corrected chi connectivity index (χ4v) is 3.43. The monoisotopic (exact) mass is 401 g/mol. The first-order valence-corrected chi connectivity index (χ1v) is 8.54. The van der Waals surface area contributed by atoms with E-state index in [-0.39, 0.29) is 93.5 Å². The number of rotatable bonds is 3. The molecular weight excluding hydrogens is 373 g/mol. The quantitative estimate of drug-likeness (QED) is 0.307. The standard InChI is InChI=1S/C12H17NO4.C5H11O.ClH.K/c1-2-17-12(15)10-11(14)7-3-8-5-16-6-9(4-7)13(8)10;1-4-5(2,3)6;;/h7-10H,2-6H2,1H3;4H2,1-3H3;1H;/q;-1;;+1. The van der Waals surface area contributed by atoms with Crippen LogP contribution in [0.15, 0.2) is 0 Å². The van der Waals surface area contributed by atoms with E-state index >= 15 is 0 Å². The van der Waals surface area contributed by atoms with Gasteiger partial charge in [0.05, 0.1) is 19.8 Å². The number of morpholine rings is 1. The summed E-state index contributed by atoms with van der Waals surface area (Å²) >= 11 is 0. The van der Waals surface area contributed by atoms with Crippen LogP contribution in [0, 0.1) is 5.92 Å². The van der Waals surface area contributed by atoms with Gasteiger partial charge in [0.15, 0.2) is 11.8 Å². The largest absolute Gasteiger partial charge is 1.00 e. The molecule has 4 fully saturated rings. The van der Waals surface area contributed by atoms with Crippen molar-refractivity contribution < 1.29 is 75.6 Å². The Morgan fingerprint density at radius 3 is 2.16 bits per heavy atom. The summed E-state index contributed by atoms with van der Waals surface area (Å²) in [5, 5.41) is 10.5. The minimum Gasteiger partial charge on any atom is -0.850 e. The number of piperidine rings is 3. The van der Waals surface area contributed by atoms with Crippen LogP contribution >= 0.6 is 12.4 Å². The zero-order chi connectivity index (χ0) is 17.2. The van der Waals surface area contributed by atoms with Crippen LogP contribution in [0.2, 0.25) is 0 Å². The molecule has 4 saturated heterocycles. The summed E-state index contributed by atoms with van der Waals surface area (Å²) in [6.07, 6.45) is 2.39. The Kier molecular flexibility index (Phi) is 11.5. The molecule has 4 aliphatic rings. The molecule has 0 spiro atoms. The van der Waals surface area contributed by atoms with Gasteiger partial charge >= 0.3 is 57.4 Å². The fourth-order valence-electron chi connectivity index (χ4n) is 3.43. The number of carbonyl (C=O) groups is 2. The summed E-state index contributed by atoms with van der Waals surface area (Å²) < 4.78 is 10.5. The minimum atomic E-state index is -0.708. The van der Waals surface area contributed by atoms with E-state index in [4.69, 9.17) is 9.47 Å². The molecule has 3 unspecified atom stereocenters. The number of ketones is 1. The zero-order valence-electron chi connectivity index (χ0n) is 15.9. The molecule has 4 rings (SSSR count). The van der Waals surface area contributed by atoms with Crippen molar-refractivity contribution in [3.63, 3.8) is 0 Å². The van der Waals surface area contributed by atoms with Gasteiger partial charge in [-0.1, -0.05) is 27.2 Å². The van der Waals surface area contributed by atoms with Crippen molar-refractivity contribution in [3.8, 4) is 0 Å². The van der Waals surface area contributed by atoms with Crippen molar-refractivity contribution in [1.29, 1.82) is 0 Å². The second kappa shape index (κ2) is 11.1. The molecule has 0 radical (unpaired) electrons. The van der Waals surface area contributed by atoms with E-state index in [1.807, 2.05) is 11.8 Å². The Morgan fingerprint density at radius 1 is 1.28 bits per heavy atom. The fraction of sp³-hybridized carbons (Fsp3) is 0.882. The zero-order valence-corrected chi connectivity index (χ0v) is 19.9. The Morgan fingerprint density at radius 2 is 1.76 bits per heavy atom. The Labute approximate surface area is 199 Å². The predicted molar refractivity (Wildman–Crippen MR) is 90.0 cm³/mol. The Balaban J connectivity index is 0.000000633. The third-order valence-electron chi connectivity index (χ3n) is 4.91. The number of fused-ring (bicyclic) bond motifs is 1. The summed E-state index contributed by atoms with van der Waals surface area (Å²) in [5.74, 6) is -0.287.